The van der Waals surface area contributed by atoms with Gasteiger partial charge in [0, 0.05) is 45.0 Å². The molecule has 0 aliphatic carbocycles. The van der Waals surface area contributed by atoms with Crippen LogP contribution in [0.15, 0.2) is 71.7 Å². The maximum atomic E-state index is 5.96. The van der Waals surface area contributed by atoms with Gasteiger partial charge < -0.3 is 16.0 Å². The van der Waals surface area contributed by atoms with Gasteiger partial charge in [0.25, 0.3) is 0 Å². The maximum absolute atomic E-state index is 5.96. The first-order valence-corrected chi connectivity index (χ1v) is 9.89. The standard InChI is InChI=1S/C23H31N5.HI/c1-19(2)16-25-23(24)26-17-20-8-6-7-9-21(20)18-27-12-14-28(15-13-27)22-10-4-3-5-11-22;/h3-11H,1,12-18H2,2H3,(H3,24,25,26);1H. The van der Waals surface area contributed by atoms with Crippen LogP contribution in [0.1, 0.15) is 18.1 Å². The molecule has 0 radical (unpaired) electrons. The molecule has 29 heavy (non-hydrogen) atoms. The molecule has 1 aliphatic rings. The van der Waals surface area contributed by atoms with Crippen molar-refractivity contribution < 1.29 is 0 Å². The minimum absolute atomic E-state index is 0. The van der Waals surface area contributed by atoms with Crippen molar-refractivity contribution in [2.75, 3.05) is 37.6 Å². The molecule has 3 rings (SSSR count). The third-order valence-electron chi connectivity index (χ3n) is 5.00. The van der Waals surface area contributed by atoms with Crippen LogP contribution in [0.5, 0.6) is 0 Å². The molecule has 0 saturated carbocycles. The average Bonchev–Trinajstić information content (AvgIpc) is 2.73. The minimum Gasteiger partial charge on any atom is -0.370 e. The fourth-order valence-electron chi connectivity index (χ4n) is 3.38. The number of rotatable bonds is 7. The quantitative estimate of drug-likeness (QED) is 0.261. The summed E-state index contributed by atoms with van der Waals surface area (Å²) in [6.45, 7) is 12.3. The second kappa shape index (κ2) is 11.8. The van der Waals surface area contributed by atoms with Crippen LogP contribution in [0.25, 0.3) is 0 Å². The van der Waals surface area contributed by atoms with E-state index in [0.29, 0.717) is 19.0 Å². The van der Waals surface area contributed by atoms with E-state index in [2.05, 4.69) is 81.3 Å². The molecule has 6 heteroatoms. The summed E-state index contributed by atoms with van der Waals surface area (Å²) in [5.41, 5.74) is 10.9. The molecule has 0 atom stereocenters. The highest BCUT2D eigenvalue weighted by atomic mass is 127. The Kier molecular flexibility index (Phi) is 9.47. The number of anilines is 1. The highest BCUT2D eigenvalue weighted by Gasteiger charge is 2.18. The second-order valence-corrected chi connectivity index (χ2v) is 7.38. The Morgan fingerprint density at radius 3 is 2.28 bits per heavy atom. The van der Waals surface area contributed by atoms with Crippen molar-refractivity contribution >= 4 is 35.6 Å². The van der Waals surface area contributed by atoms with Crippen molar-refractivity contribution in [1.82, 2.24) is 10.2 Å². The molecule has 0 aromatic heterocycles. The molecule has 3 N–H and O–H groups in total. The lowest BCUT2D eigenvalue weighted by Crippen LogP contribution is -2.46. The van der Waals surface area contributed by atoms with Gasteiger partial charge in [-0.3, -0.25) is 4.90 Å². The van der Waals surface area contributed by atoms with E-state index in [1.807, 2.05) is 6.92 Å². The van der Waals surface area contributed by atoms with Gasteiger partial charge in [-0.25, -0.2) is 4.99 Å². The molecule has 1 aliphatic heterocycles. The molecular weight excluding hydrogens is 473 g/mol. The van der Waals surface area contributed by atoms with E-state index < -0.39 is 0 Å². The number of hydrogen-bond donors (Lipinski definition) is 2. The second-order valence-electron chi connectivity index (χ2n) is 7.38. The third-order valence-corrected chi connectivity index (χ3v) is 5.00. The van der Waals surface area contributed by atoms with Crippen LogP contribution < -0.4 is 16.0 Å². The van der Waals surface area contributed by atoms with E-state index in [1.54, 1.807) is 0 Å². The van der Waals surface area contributed by atoms with Crippen LogP contribution in [-0.2, 0) is 13.1 Å². The molecule has 1 fully saturated rings. The van der Waals surface area contributed by atoms with E-state index in [1.165, 1.54) is 16.8 Å². The van der Waals surface area contributed by atoms with E-state index in [0.717, 1.165) is 38.3 Å². The predicted molar refractivity (Wildman–Crippen MR) is 134 cm³/mol. The first-order chi connectivity index (χ1) is 13.6. The number of piperazine rings is 1. The highest BCUT2D eigenvalue weighted by Crippen LogP contribution is 2.18. The number of guanidine groups is 1. The van der Waals surface area contributed by atoms with Gasteiger partial charge in [-0.1, -0.05) is 54.6 Å². The van der Waals surface area contributed by atoms with Crippen LogP contribution in [-0.4, -0.2) is 43.6 Å². The highest BCUT2D eigenvalue weighted by molar-refractivity contribution is 14.0. The smallest absolute Gasteiger partial charge is 0.189 e. The molecule has 1 saturated heterocycles. The molecule has 1 heterocycles. The zero-order chi connectivity index (χ0) is 19.8. The summed E-state index contributed by atoms with van der Waals surface area (Å²) in [7, 11) is 0. The van der Waals surface area contributed by atoms with Gasteiger partial charge in [0.1, 0.15) is 0 Å². The number of nitrogens with one attached hydrogen (secondary N) is 1. The summed E-state index contributed by atoms with van der Waals surface area (Å²) >= 11 is 0. The zero-order valence-electron chi connectivity index (χ0n) is 17.2. The number of nitrogens with two attached hydrogens (primary N) is 1. The largest absolute Gasteiger partial charge is 0.370 e. The zero-order valence-corrected chi connectivity index (χ0v) is 19.5. The van der Waals surface area contributed by atoms with E-state index in [-0.39, 0.29) is 24.0 Å². The molecule has 0 unspecified atom stereocenters. The average molecular weight is 505 g/mol. The Morgan fingerprint density at radius 2 is 1.62 bits per heavy atom. The van der Waals surface area contributed by atoms with Gasteiger partial charge in [-0.05, 0) is 30.2 Å². The van der Waals surface area contributed by atoms with Gasteiger partial charge in [-0.2, -0.15) is 0 Å². The number of nitrogens with zero attached hydrogens (tertiary/aromatic N) is 3. The molecule has 0 bridgehead atoms. The fraction of sp³-hybridized carbons (Fsp3) is 0.348. The van der Waals surface area contributed by atoms with Crippen LogP contribution >= 0.6 is 24.0 Å². The Bertz CT molecular complexity index is 798. The number of para-hydroxylation sites is 1. The predicted octanol–water partition coefficient (Wildman–Crippen LogP) is 3.61. The third kappa shape index (κ3) is 7.36. The van der Waals surface area contributed by atoms with Gasteiger partial charge in [0.15, 0.2) is 5.96 Å². The molecule has 0 spiro atoms. The van der Waals surface area contributed by atoms with Crippen molar-refractivity contribution in [1.29, 1.82) is 0 Å². The van der Waals surface area contributed by atoms with Crippen LogP contribution in [0.4, 0.5) is 5.69 Å². The maximum Gasteiger partial charge on any atom is 0.189 e. The van der Waals surface area contributed by atoms with Crippen LogP contribution in [0.2, 0.25) is 0 Å². The van der Waals surface area contributed by atoms with Gasteiger partial charge in [0.2, 0.25) is 0 Å². The summed E-state index contributed by atoms with van der Waals surface area (Å²) in [4.78, 5) is 9.46. The Hall–Kier alpha value is -2.06. The van der Waals surface area contributed by atoms with Crippen molar-refractivity contribution in [2.45, 2.75) is 20.0 Å². The minimum atomic E-state index is 0. The fourth-order valence-corrected chi connectivity index (χ4v) is 3.38. The SMILES string of the molecule is C=C(C)CNC(N)=NCc1ccccc1CN1CCN(c2ccccc2)CC1.I. The van der Waals surface area contributed by atoms with E-state index in [9.17, 15) is 0 Å². The molecule has 5 nitrogen and oxygen atoms in total. The number of aliphatic imine (C=N–C) groups is 1. The molecule has 2 aromatic rings. The molecular formula is C23H32IN5. The number of benzene rings is 2. The van der Waals surface area contributed by atoms with Crippen molar-refractivity contribution in [3.05, 3.63) is 77.9 Å². The first kappa shape index (κ1) is 23.2. The molecule has 2 aromatic carbocycles. The lowest BCUT2D eigenvalue weighted by Gasteiger charge is -2.36. The lowest BCUT2D eigenvalue weighted by atomic mass is 10.1. The van der Waals surface area contributed by atoms with Crippen LogP contribution in [0.3, 0.4) is 0 Å². The Labute approximate surface area is 191 Å². The molecule has 156 valence electrons. The van der Waals surface area contributed by atoms with Crippen molar-refractivity contribution in [3.8, 4) is 0 Å². The van der Waals surface area contributed by atoms with Gasteiger partial charge in [0.05, 0.1) is 6.54 Å². The topological polar surface area (TPSA) is 56.9 Å². The van der Waals surface area contributed by atoms with E-state index in [4.69, 9.17) is 5.73 Å². The van der Waals surface area contributed by atoms with Gasteiger partial charge in [-0.15, -0.1) is 24.0 Å². The summed E-state index contributed by atoms with van der Waals surface area (Å²) < 4.78 is 0. The Balaban J connectivity index is 0.00000300. The summed E-state index contributed by atoms with van der Waals surface area (Å²) in [6.07, 6.45) is 0. The summed E-state index contributed by atoms with van der Waals surface area (Å²) in [5, 5.41) is 3.09. The molecule has 0 amide bonds. The van der Waals surface area contributed by atoms with Crippen molar-refractivity contribution in [3.63, 3.8) is 0 Å². The lowest BCUT2D eigenvalue weighted by molar-refractivity contribution is 0.249. The summed E-state index contributed by atoms with van der Waals surface area (Å²) in [5.74, 6) is 0.467. The summed E-state index contributed by atoms with van der Waals surface area (Å²) in [6, 6.07) is 19.2. The van der Waals surface area contributed by atoms with Gasteiger partial charge >= 0.3 is 0 Å². The van der Waals surface area contributed by atoms with Crippen molar-refractivity contribution in [2.24, 2.45) is 10.7 Å². The van der Waals surface area contributed by atoms with E-state index >= 15 is 0 Å². The Morgan fingerprint density at radius 1 is 1.00 bits per heavy atom. The van der Waals surface area contributed by atoms with Crippen LogP contribution in [0, 0.1) is 0 Å². The number of halogens is 1. The monoisotopic (exact) mass is 505 g/mol. The normalized spacial score (nSPS) is 14.9. The number of hydrogen-bond acceptors (Lipinski definition) is 3. The first-order valence-electron chi connectivity index (χ1n) is 9.89.